The zero-order chi connectivity index (χ0) is 23.3. The van der Waals surface area contributed by atoms with Crippen LogP contribution in [0.1, 0.15) is 5.56 Å². The Balaban J connectivity index is 1.26. The third-order valence-electron chi connectivity index (χ3n) is 5.66. The van der Waals surface area contributed by atoms with Crippen LogP contribution in [-0.2, 0) is 4.74 Å². The molecule has 1 aromatic carbocycles. The summed E-state index contributed by atoms with van der Waals surface area (Å²) < 4.78 is 18.7. The second-order valence-electron chi connectivity index (χ2n) is 7.97. The summed E-state index contributed by atoms with van der Waals surface area (Å²) in [5.41, 5.74) is 2.40. The zero-order valence-electron chi connectivity index (χ0n) is 18.9. The third kappa shape index (κ3) is 5.03. The van der Waals surface area contributed by atoms with Crippen LogP contribution in [0.3, 0.4) is 0 Å². The number of rotatable bonds is 8. The van der Waals surface area contributed by atoms with Crippen LogP contribution in [0.25, 0.3) is 17.1 Å². The molecule has 0 amide bonds. The summed E-state index contributed by atoms with van der Waals surface area (Å²) in [6.45, 7) is 6.93. The molecular weight excluding hydrogens is 436 g/mol. The average Bonchev–Trinajstić information content (AvgIpc) is 3.51. The van der Waals surface area contributed by atoms with Crippen LogP contribution in [-0.4, -0.2) is 63.9 Å². The molecule has 2 N–H and O–H groups in total. The van der Waals surface area contributed by atoms with Gasteiger partial charge in [-0.05, 0) is 30.7 Å². The number of aryl methyl sites for hydroxylation is 1. The molecule has 0 bridgehead atoms. The van der Waals surface area contributed by atoms with E-state index < -0.39 is 0 Å². The molecule has 34 heavy (non-hydrogen) atoms. The van der Waals surface area contributed by atoms with E-state index in [4.69, 9.17) is 13.9 Å². The van der Waals surface area contributed by atoms with E-state index in [0.717, 1.165) is 55.4 Å². The molecule has 0 saturated carbocycles. The molecule has 5 rings (SSSR count). The third-order valence-corrected chi connectivity index (χ3v) is 5.66. The lowest BCUT2D eigenvalue weighted by molar-refractivity contribution is 0.0322. The lowest BCUT2D eigenvalue weighted by Crippen LogP contribution is -2.38. The molecule has 10 nitrogen and oxygen atoms in total. The number of benzene rings is 1. The number of morpholine rings is 1. The van der Waals surface area contributed by atoms with E-state index in [2.05, 4.69) is 25.2 Å². The number of nitrogens with zero attached hydrogens (tertiary/aromatic N) is 4. The maximum absolute atomic E-state index is 11.9. The number of ether oxygens (including phenoxy) is 2. The molecule has 1 aliphatic rings. The van der Waals surface area contributed by atoms with Crippen LogP contribution in [0.5, 0.6) is 5.75 Å². The van der Waals surface area contributed by atoms with Gasteiger partial charge in [-0.2, -0.15) is 0 Å². The van der Waals surface area contributed by atoms with E-state index in [9.17, 15) is 4.79 Å². The molecule has 4 heterocycles. The van der Waals surface area contributed by atoms with E-state index in [1.165, 1.54) is 4.57 Å². The summed E-state index contributed by atoms with van der Waals surface area (Å²) >= 11 is 0. The highest BCUT2D eigenvalue weighted by Gasteiger charge is 2.12. The fourth-order valence-electron chi connectivity index (χ4n) is 3.73. The van der Waals surface area contributed by atoms with Gasteiger partial charge in [-0.1, -0.05) is 6.07 Å². The fraction of sp³-hybridized carbons (Fsp3) is 0.292. The van der Waals surface area contributed by atoms with Crippen LogP contribution < -0.4 is 15.7 Å². The van der Waals surface area contributed by atoms with Gasteiger partial charge in [0.1, 0.15) is 18.2 Å². The van der Waals surface area contributed by atoms with Gasteiger partial charge in [0.25, 0.3) is 6.01 Å². The number of oxazole rings is 1. The first kappa shape index (κ1) is 21.9. The average molecular weight is 463 g/mol. The summed E-state index contributed by atoms with van der Waals surface area (Å²) in [6, 6.07) is 9.84. The van der Waals surface area contributed by atoms with Crippen molar-refractivity contribution in [2.75, 3.05) is 44.8 Å². The number of aromatic amines is 1. The number of anilines is 2. The highest BCUT2D eigenvalue weighted by Crippen LogP contribution is 2.28. The highest BCUT2D eigenvalue weighted by atomic mass is 16.5. The molecule has 10 heteroatoms. The first-order valence-electron chi connectivity index (χ1n) is 11.1. The Labute approximate surface area is 196 Å². The van der Waals surface area contributed by atoms with Gasteiger partial charge in [0, 0.05) is 55.5 Å². The molecule has 0 radical (unpaired) electrons. The summed E-state index contributed by atoms with van der Waals surface area (Å²) in [5.74, 6) is 1.83. The monoisotopic (exact) mass is 462 g/mol. The van der Waals surface area contributed by atoms with Gasteiger partial charge in [-0.3, -0.25) is 9.47 Å². The van der Waals surface area contributed by atoms with Gasteiger partial charge in [-0.25, -0.2) is 14.8 Å². The minimum atomic E-state index is -0.257. The smallest absolute Gasteiger partial charge is 0.331 e. The maximum atomic E-state index is 11.9. The SMILES string of the molecule is Cc1ccc(OCCN2CCOCC2)cc1Nc1ncc(-c2ccnc(-n3cc[nH]c3=O)c2)o1. The van der Waals surface area contributed by atoms with Gasteiger partial charge < -0.3 is 24.2 Å². The van der Waals surface area contributed by atoms with Gasteiger partial charge >= 0.3 is 5.69 Å². The summed E-state index contributed by atoms with van der Waals surface area (Å²) in [5, 5.41) is 3.23. The van der Waals surface area contributed by atoms with Crippen molar-refractivity contribution in [3.05, 3.63) is 71.2 Å². The zero-order valence-corrected chi connectivity index (χ0v) is 18.9. The van der Waals surface area contributed by atoms with E-state index in [-0.39, 0.29) is 5.69 Å². The molecular formula is C24H26N6O4. The summed E-state index contributed by atoms with van der Waals surface area (Å²) in [4.78, 5) is 25.4. The first-order chi connectivity index (χ1) is 16.7. The van der Waals surface area contributed by atoms with Crippen LogP contribution in [0.15, 0.2) is 64.3 Å². The number of imidazole rings is 1. The van der Waals surface area contributed by atoms with Gasteiger partial charge in [0.05, 0.1) is 19.4 Å². The quantitative estimate of drug-likeness (QED) is 0.411. The molecule has 3 aromatic heterocycles. The molecule has 0 unspecified atom stereocenters. The standard InChI is InChI=1S/C24H26N6O4/c1-17-2-3-19(33-13-10-29-8-11-32-12-9-29)15-20(17)28-23-27-16-21(34-23)18-4-5-25-22(14-18)30-7-6-26-24(30)31/h2-7,14-16H,8-13H2,1H3,(H,26,31)(H,27,28). The molecule has 1 aliphatic heterocycles. The van der Waals surface area contributed by atoms with Crippen LogP contribution >= 0.6 is 0 Å². The Morgan fingerprint density at radius 1 is 1.18 bits per heavy atom. The Bertz CT molecular complexity index is 1300. The van der Waals surface area contributed by atoms with Gasteiger partial charge in [0.15, 0.2) is 5.76 Å². The maximum Gasteiger partial charge on any atom is 0.331 e. The predicted octanol–water partition coefficient (Wildman–Crippen LogP) is 2.98. The number of pyridine rings is 1. The van der Waals surface area contributed by atoms with Crippen molar-refractivity contribution in [3.63, 3.8) is 0 Å². The van der Waals surface area contributed by atoms with Crippen molar-refractivity contribution in [2.24, 2.45) is 0 Å². The molecule has 1 saturated heterocycles. The minimum absolute atomic E-state index is 0.257. The Kier molecular flexibility index (Phi) is 6.41. The van der Waals surface area contributed by atoms with Crippen LogP contribution in [0.2, 0.25) is 0 Å². The van der Waals surface area contributed by atoms with Crippen LogP contribution in [0.4, 0.5) is 11.7 Å². The lowest BCUT2D eigenvalue weighted by atomic mass is 10.2. The molecule has 0 spiro atoms. The molecule has 0 aliphatic carbocycles. The highest BCUT2D eigenvalue weighted by molar-refractivity contribution is 5.63. The minimum Gasteiger partial charge on any atom is -0.492 e. The van der Waals surface area contributed by atoms with Crippen molar-refractivity contribution in [1.29, 1.82) is 0 Å². The largest absolute Gasteiger partial charge is 0.492 e. The number of H-pyrrole nitrogens is 1. The summed E-state index contributed by atoms with van der Waals surface area (Å²) in [6.07, 6.45) is 6.46. The molecule has 4 aromatic rings. The van der Waals surface area contributed by atoms with Crippen molar-refractivity contribution >= 4 is 11.7 Å². The van der Waals surface area contributed by atoms with Gasteiger partial charge in [0.2, 0.25) is 0 Å². The number of nitrogens with one attached hydrogen (secondary N) is 2. The number of hydrogen-bond donors (Lipinski definition) is 2. The molecule has 1 fully saturated rings. The lowest BCUT2D eigenvalue weighted by Gasteiger charge is -2.26. The van der Waals surface area contributed by atoms with Crippen molar-refractivity contribution in [3.8, 4) is 22.9 Å². The number of hydrogen-bond acceptors (Lipinski definition) is 8. The van der Waals surface area contributed by atoms with E-state index in [0.29, 0.717) is 24.2 Å². The fourth-order valence-corrected chi connectivity index (χ4v) is 3.73. The second-order valence-corrected chi connectivity index (χ2v) is 7.97. The summed E-state index contributed by atoms with van der Waals surface area (Å²) in [7, 11) is 0. The Morgan fingerprint density at radius 2 is 2.06 bits per heavy atom. The predicted molar refractivity (Wildman–Crippen MR) is 127 cm³/mol. The molecule has 176 valence electrons. The number of aromatic nitrogens is 4. The second kappa shape index (κ2) is 9.94. The molecule has 0 atom stereocenters. The van der Waals surface area contributed by atoms with E-state index in [1.807, 2.05) is 25.1 Å². The van der Waals surface area contributed by atoms with Crippen molar-refractivity contribution in [2.45, 2.75) is 6.92 Å². The van der Waals surface area contributed by atoms with Crippen LogP contribution in [0, 0.1) is 6.92 Å². The topological polar surface area (TPSA) is 110 Å². The normalized spacial score (nSPS) is 14.3. The van der Waals surface area contributed by atoms with E-state index >= 15 is 0 Å². The Morgan fingerprint density at radius 3 is 2.88 bits per heavy atom. The first-order valence-corrected chi connectivity index (χ1v) is 11.1. The van der Waals surface area contributed by atoms with Gasteiger partial charge in [-0.15, -0.1) is 0 Å². The Hall–Kier alpha value is -3.89. The van der Waals surface area contributed by atoms with Crippen molar-refractivity contribution in [1.82, 2.24) is 24.4 Å². The van der Waals surface area contributed by atoms with Crippen molar-refractivity contribution < 1.29 is 13.9 Å². The van der Waals surface area contributed by atoms with E-state index in [1.54, 1.807) is 36.9 Å².